The molecule has 2 rings (SSSR count). The van der Waals surface area contributed by atoms with E-state index in [4.69, 9.17) is 0 Å². The number of hydrogen-bond donors (Lipinski definition) is 1. The van der Waals surface area contributed by atoms with Gasteiger partial charge < -0.3 is 5.32 Å². The Labute approximate surface area is 111 Å². The van der Waals surface area contributed by atoms with Crippen molar-refractivity contribution in [3.8, 4) is 0 Å². The van der Waals surface area contributed by atoms with Crippen LogP contribution in [0.2, 0.25) is 0 Å². The van der Waals surface area contributed by atoms with Gasteiger partial charge in [-0.25, -0.2) is 0 Å². The van der Waals surface area contributed by atoms with Crippen LogP contribution in [0.15, 0.2) is 43.0 Å². The van der Waals surface area contributed by atoms with Gasteiger partial charge in [0.15, 0.2) is 0 Å². The highest BCUT2D eigenvalue weighted by atomic mass is 15.0. The predicted octanol–water partition coefficient (Wildman–Crippen LogP) is 4.10. The first kappa shape index (κ1) is 13.4. The van der Waals surface area contributed by atoms with Crippen LogP contribution in [-0.2, 0) is 6.42 Å². The molecule has 0 aromatic heterocycles. The van der Waals surface area contributed by atoms with Crippen molar-refractivity contribution in [1.29, 1.82) is 0 Å². The summed E-state index contributed by atoms with van der Waals surface area (Å²) in [6.07, 6.45) is 11.1. The molecular weight excluding hydrogens is 218 g/mol. The predicted molar refractivity (Wildman–Crippen MR) is 78.8 cm³/mol. The maximum Gasteiger partial charge on any atom is 0.0215 e. The third kappa shape index (κ3) is 3.71. The minimum Gasteiger partial charge on any atom is -0.311 e. The van der Waals surface area contributed by atoms with Crippen LogP contribution in [0.5, 0.6) is 0 Å². The van der Waals surface area contributed by atoms with E-state index in [0.29, 0.717) is 5.54 Å². The second-order valence-electron chi connectivity index (χ2n) is 5.50. The first-order valence-corrected chi connectivity index (χ1v) is 7.24. The minimum atomic E-state index is 0.342. The molecule has 1 fully saturated rings. The Hall–Kier alpha value is -1.08. The lowest BCUT2D eigenvalue weighted by atomic mass is 9.79. The molecule has 0 heterocycles. The second kappa shape index (κ2) is 6.75. The van der Waals surface area contributed by atoms with E-state index in [1.807, 2.05) is 0 Å². The van der Waals surface area contributed by atoms with E-state index in [1.165, 1.54) is 37.7 Å². The largest absolute Gasteiger partial charge is 0.311 e. The Morgan fingerprint density at radius 3 is 2.50 bits per heavy atom. The molecular formula is C17H25N. The van der Waals surface area contributed by atoms with Crippen molar-refractivity contribution >= 4 is 0 Å². The zero-order chi connectivity index (χ0) is 12.7. The summed E-state index contributed by atoms with van der Waals surface area (Å²) >= 11 is 0. The van der Waals surface area contributed by atoms with E-state index < -0.39 is 0 Å². The fourth-order valence-electron chi connectivity index (χ4n) is 3.07. The van der Waals surface area contributed by atoms with E-state index in [9.17, 15) is 0 Å². The lowest BCUT2D eigenvalue weighted by Crippen LogP contribution is -2.47. The monoisotopic (exact) mass is 243 g/mol. The van der Waals surface area contributed by atoms with Gasteiger partial charge in [0.1, 0.15) is 0 Å². The van der Waals surface area contributed by atoms with Crippen molar-refractivity contribution in [2.24, 2.45) is 0 Å². The molecule has 0 aliphatic heterocycles. The smallest absolute Gasteiger partial charge is 0.0215 e. The molecule has 0 atom stereocenters. The van der Waals surface area contributed by atoms with Crippen LogP contribution in [0.25, 0.3) is 0 Å². The first-order valence-electron chi connectivity index (χ1n) is 7.24. The van der Waals surface area contributed by atoms with E-state index >= 15 is 0 Å². The highest BCUT2D eigenvalue weighted by Gasteiger charge is 2.29. The van der Waals surface area contributed by atoms with Crippen molar-refractivity contribution in [3.63, 3.8) is 0 Å². The van der Waals surface area contributed by atoms with Crippen LogP contribution in [0.3, 0.4) is 0 Å². The van der Waals surface area contributed by atoms with E-state index in [-0.39, 0.29) is 0 Å². The molecule has 18 heavy (non-hydrogen) atoms. The summed E-state index contributed by atoms with van der Waals surface area (Å²) in [5.41, 5.74) is 1.77. The number of hydrogen-bond acceptors (Lipinski definition) is 1. The number of benzene rings is 1. The maximum absolute atomic E-state index is 3.93. The summed E-state index contributed by atoms with van der Waals surface area (Å²) in [5, 5.41) is 3.81. The van der Waals surface area contributed by atoms with Crippen molar-refractivity contribution in [2.45, 2.75) is 50.5 Å². The van der Waals surface area contributed by atoms with Crippen molar-refractivity contribution in [2.75, 3.05) is 6.54 Å². The Bertz CT molecular complexity index is 349. The normalized spacial score (nSPS) is 18.4. The first-order chi connectivity index (χ1) is 8.85. The summed E-state index contributed by atoms with van der Waals surface area (Å²) in [5.74, 6) is 0. The van der Waals surface area contributed by atoms with Gasteiger partial charge in [0, 0.05) is 5.54 Å². The van der Waals surface area contributed by atoms with E-state index in [1.54, 1.807) is 0 Å². The second-order valence-corrected chi connectivity index (χ2v) is 5.50. The van der Waals surface area contributed by atoms with Gasteiger partial charge in [0.2, 0.25) is 0 Å². The lowest BCUT2D eigenvalue weighted by Gasteiger charge is -2.38. The van der Waals surface area contributed by atoms with E-state index in [0.717, 1.165) is 19.4 Å². The summed E-state index contributed by atoms with van der Waals surface area (Å²) < 4.78 is 0. The zero-order valence-electron chi connectivity index (χ0n) is 11.3. The van der Waals surface area contributed by atoms with Gasteiger partial charge in [0.05, 0.1) is 0 Å². The summed E-state index contributed by atoms with van der Waals surface area (Å²) in [6.45, 7) is 5.01. The van der Waals surface area contributed by atoms with Gasteiger partial charge in [-0.1, -0.05) is 55.7 Å². The molecule has 0 bridgehead atoms. The summed E-state index contributed by atoms with van der Waals surface area (Å²) in [7, 11) is 0. The van der Waals surface area contributed by atoms with Crippen LogP contribution >= 0.6 is 0 Å². The van der Waals surface area contributed by atoms with Crippen LogP contribution < -0.4 is 5.32 Å². The fourth-order valence-corrected chi connectivity index (χ4v) is 3.07. The molecule has 0 radical (unpaired) electrons. The Morgan fingerprint density at radius 2 is 1.83 bits per heavy atom. The molecule has 1 aliphatic carbocycles. The van der Waals surface area contributed by atoms with Crippen LogP contribution in [0.1, 0.15) is 44.1 Å². The van der Waals surface area contributed by atoms with Crippen molar-refractivity contribution in [3.05, 3.63) is 48.6 Å². The molecule has 1 aromatic rings. The molecule has 1 saturated carbocycles. The van der Waals surface area contributed by atoms with Crippen molar-refractivity contribution in [1.82, 2.24) is 5.32 Å². The molecule has 0 amide bonds. The molecule has 0 saturated heterocycles. The van der Waals surface area contributed by atoms with Gasteiger partial charge in [0.25, 0.3) is 0 Å². The van der Waals surface area contributed by atoms with Gasteiger partial charge >= 0.3 is 0 Å². The molecule has 0 spiro atoms. The van der Waals surface area contributed by atoms with Crippen LogP contribution in [0, 0.1) is 0 Å². The van der Waals surface area contributed by atoms with Crippen LogP contribution in [0.4, 0.5) is 0 Å². The minimum absolute atomic E-state index is 0.342. The lowest BCUT2D eigenvalue weighted by molar-refractivity contribution is 0.234. The molecule has 98 valence electrons. The molecule has 1 heteroatoms. The molecule has 1 aromatic carbocycles. The number of nitrogens with one attached hydrogen (secondary N) is 1. The average molecular weight is 243 g/mol. The summed E-state index contributed by atoms with van der Waals surface area (Å²) in [6, 6.07) is 10.7. The van der Waals surface area contributed by atoms with Gasteiger partial charge in [-0.15, -0.1) is 6.58 Å². The fraction of sp³-hybridized carbons (Fsp3) is 0.529. The number of rotatable bonds is 6. The van der Waals surface area contributed by atoms with Gasteiger partial charge in [-0.2, -0.15) is 0 Å². The average Bonchev–Trinajstić information content (AvgIpc) is 2.41. The Kier molecular flexibility index (Phi) is 5.00. The molecule has 1 nitrogen and oxygen atoms in total. The maximum atomic E-state index is 3.93. The quantitative estimate of drug-likeness (QED) is 0.742. The Morgan fingerprint density at radius 1 is 1.11 bits per heavy atom. The third-order valence-electron chi connectivity index (χ3n) is 4.10. The van der Waals surface area contributed by atoms with Crippen LogP contribution in [-0.4, -0.2) is 12.1 Å². The SMILES string of the molecule is C=CCC1(NCCc2ccccc2)CCCCC1. The third-order valence-corrected chi connectivity index (χ3v) is 4.10. The molecule has 1 aliphatic rings. The van der Waals surface area contributed by atoms with Crippen molar-refractivity contribution < 1.29 is 0 Å². The zero-order valence-corrected chi connectivity index (χ0v) is 11.3. The van der Waals surface area contributed by atoms with E-state index in [2.05, 4.69) is 48.3 Å². The van der Waals surface area contributed by atoms with Gasteiger partial charge in [-0.05, 0) is 37.8 Å². The Balaban J connectivity index is 1.84. The van der Waals surface area contributed by atoms with Gasteiger partial charge in [-0.3, -0.25) is 0 Å². The topological polar surface area (TPSA) is 12.0 Å². The molecule has 0 unspecified atom stereocenters. The highest BCUT2D eigenvalue weighted by Crippen LogP contribution is 2.31. The summed E-state index contributed by atoms with van der Waals surface area (Å²) in [4.78, 5) is 0. The highest BCUT2D eigenvalue weighted by molar-refractivity contribution is 5.15. The molecule has 1 N–H and O–H groups in total. The standard InChI is InChI=1S/C17H25N/c1-2-12-17(13-7-4-8-14-17)18-15-11-16-9-5-3-6-10-16/h2-3,5-6,9-10,18H,1,4,7-8,11-15H2.